The number of carbonyl (C=O) groups excluding carboxylic acids is 3. The predicted octanol–water partition coefficient (Wildman–Crippen LogP) is 3.50. The monoisotopic (exact) mass is 499 g/mol. The van der Waals surface area contributed by atoms with E-state index in [0.717, 1.165) is 62.9 Å². The summed E-state index contributed by atoms with van der Waals surface area (Å²) in [6.45, 7) is -0.198. The molecule has 2 aliphatic rings. The van der Waals surface area contributed by atoms with Crippen LogP contribution in [0.3, 0.4) is 0 Å². The number of aromatic nitrogens is 1. The third-order valence-corrected chi connectivity index (χ3v) is 7.57. The summed E-state index contributed by atoms with van der Waals surface area (Å²) in [7, 11) is 1.51. The van der Waals surface area contributed by atoms with E-state index >= 15 is 0 Å². The van der Waals surface area contributed by atoms with E-state index in [9.17, 15) is 14.4 Å². The number of amides is 3. The normalized spacial score (nSPS) is 16.6. The van der Waals surface area contributed by atoms with Crippen molar-refractivity contribution in [1.29, 1.82) is 0 Å². The van der Waals surface area contributed by atoms with Crippen molar-refractivity contribution in [3.8, 4) is 5.75 Å². The van der Waals surface area contributed by atoms with Gasteiger partial charge >= 0.3 is 0 Å². The van der Waals surface area contributed by atoms with E-state index < -0.39 is 5.91 Å². The van der Waals surface area contributed by atoms with Gasteiger partial charge in [-0.05, 0) is 49.3 Å². The first-order valence-corrected chi connectivity index (χ1v) is 13.1. The van der Waals surface area contributed by atoms with Crippen molar-refractivity contribution >= 4 is 40.6 Å². The van der Waals surface area contributed by atoms with E-state index in [1.54, 1.807) is 24.3 Å². The number of hydrogen-bond donors (Lipinski definition) is 3. The highest BCUT2D eigenvalue weighted by atomic mass is 32.1. The van der Waals surface area contributed by atoms with E-state index in [0.29, 0.717) is 11.4 Å². The first-order chi connectivity index (χ1) is 17.0. The highest BCUT2D eigenvalue weighted by Gasteiger charge is 2.30. The van der Waals surface area contributed by atoms with Crippen LogP contribution in [0.5, 0.6) is 5.75 Å². The number of nitrogens with two attached hydrogens (primary N) is 1. The SMILES string of the molecule is COc1ccccc1N(CC(=O)NC1CCCC1)C(=O)c1snc(C(=O)NC2CCCCC2)c1N. The molecule has 188 valence electrons. The molecular weight excluding hydrogens is 466 g/mol. The second-order valence-corrected chi connectivity index (χ2v) is 9.97. The van der Waals surface area contributed by atoms with Crippen LogP contribution in [0.1, 0.15) is 77.9 Å². The molecule has 0 spiro atoms. The summed E-state index contributed by atoms with van der Waals surface area (Å²) in [5, 5.41) is 6.02. The molecule has 0 bridgehead atoms. The van der Waals surface area contributed by atoms with Crippen molar-refractivity contribution in [2.45, 2.75) is 69.9 Å². The molecule has 2 aliphatic carbocycles. The summed E-state index contributed by atoms with van der Waals surface area (Å²) in [6, 6.07) is 7.23. The number of nitrogens with one attached hydrogen (secondary N) is 2. The largest absolute Gasteiger partial charge is 0.495 e. The minimum Gasteiger partial charge on any atom is -0.495 e. The molecule has 2 aromatic rings. The third kappa shape index (κ3) is 5.93. The Bertz CT molecular complexity index is 1060. The Kier molecular flexibility index (Phi) is 8.22. The molecule has 9 nitrogen and oxygen atoms in total. The lowest BCUT2D eigenvalue weighted by Crippen LogP contribution is -2.43. The molecule has 4 rings (SSSR count). The van der Waals surface area contributed by atoms with E-state index in [4.69, 9.17) is 10.5 Å². The van der Waals surface area contributed by atoms with Gasteiger partial charge in [0.05, 0.1) is 18.5 Å². The van der Waals surface area contributed by atoms with Gasteiger partial charge in [-0.1, -0.05) is 44.2 Å². The van der Waals surface area contributed by atoms with Crippen molar-refractivity contribution in [3.63, 3.8) is 0 Å². The highest BCUT2D eigenvalue weighted by molar-refractivity contribution is 7.09. The highest BCUT2D eigenvalue weighted by Crippen LogP contribution is 2.32. The predicted molar refractivity (Wildman–Crippen MR) is 136 cm³/mol. The first kappa shape index (κ1) is 25.0. The number of rotatable bonds is 8. The smallest absolute Gasteiger partial charge is 0.273 e. The van der Waals surface area contributed by atoms with Crippen LogP contribution >= 0.6 is 11.5 Å². The van der Waals surface area contributed by atoms with Crippen LogP contribution in [0.4, 0.5) is 11.4 Å². The Morgan fingerprint density at radius 3 is 2.34 bits per heavy atom. The van der Waals surface area contributed by atoms with Gasteiger partial charge < -0.3 is 21.1 Å². The number of carbonyl (C=O) groups is 3. The average molecular weight is 500 g/mol. The van der Waals surface area contributed by atoms with Crippen LogP contribution in [0.15, 0.2) is 24.3 Å². The zero-order valence-electron chi connectivity index (χ0n) is 20.0. The summed E-state index contributed by atoms with van der Waals surface area (Å²) < 4.78 is 9.66. The summed E-state index contributed by atoms with van der Waals surface area (Å²) >= 11 is 0.872. The lowest BCUT2D eigenvalue weighted by molar-refractivity contribution is -0.120. The second kappa shape index (κ2) is 11.5. The van der Waals surface area contributed by atoms with E-state index in [1.165, 1.54) is 18.4 Å². The van der Waals surface area contributed by atoms with Crippen molar-refractivity contribution < 1.29 is 19.1 Å². The molecule has 4 N–H and O–H groups in total. The number of benzene rings is 1. The molecule has 2 saturated carbocycles. The van der Waals surface area contributed by atoms with Crippen molar-refractivity contribution in [1.82, 2.24) is 15.0 Å². The Hall–Kier alpha value is -3.14. The van der Waals surface area contributed by atoms with Gasteiger partial charge in [-0.3, -0.25) is 19.3 Å². The Morgan fingerprint density at radius 2 is 1.66 bits per heavy atom. The van der Waals surface area contributed by atoms with Gasteiger partial charge in [0.25, 0.3) is 11.8 Å². The summed E-state index contributed by atoms with van der Waals surface area (Å²) in [5.74, 6) is -0.669. The molecule has 10 heteroatoms. The minimum atomic E-state index is -0.497. The molecule has 1 heterocycles. The summed E-state index contributed by atoms with van der Waals surface area (Å²) in [4.78, 5) is 40.9. The van der Waals surface area contributed by atoms with Crippen LogP contribution in [0, 0.1) is 0 Å². The minimum absolute atomic E-state index is 0.0319. The average Bonchev–Trinajstić information content (AvgIpc) is 3.52. The molecule has 0 atom stereocenters. The summed E-state index contributed by atoms with van der Waals surface area (Å²) in [5.41, 5.74) is 6.80. The summed E-state index contributed by atoms with van der Waals surface area (Å²) in [6.07, 6.45) is 9.25. The van der Waals surface area contributed by atoms with Crippen molar-refractivity contribution in [3.05, 3.63) is 34.8 Å². The third-order valence-electron chi connectivity index (χ3n) is 6.72. The van der Waals surface area contributed by atoms with Crippen LogP contribution in [-0.4, -0.2) is 47.8 Å². The number of ether oxygens (including phenoxy) is 1. The van der Waals surface area contributed by atoms with Gasteiger partial charge in [0, 0.05) is 12.1 Å². The topological polar surface area (TPSA) is 127 Å². The van der Waals surface area contributed by atoms with Crippen LogP contribution in [0.25, 0.3) is 0 Å². The molecule has 35 heavy (non-hydrogen) atoms. The number of nitrogen functional groups attached to an aromatic ring is 1. The van der Waals surface area contributed by atoms with Crippen molar-refractivity contribution in [2.24, 2.45) is 0 Å². The molecule has 2 fully saturated rings. The maximum absolute atomic E-state index is 13.7. The van der Waals surface area contributed by atoms with Gasteiger partial charge in [-0.2, -0.15) is 4.37 Å². The van der Waals surface area contributed by atoms with E-state index in [-0.39, 0.29) is 46.7 Å². The quantitative estimate of drug-likeness (QED) is 0.510. The second-order valence-electron chi connectivity index (χ2n) is 9.19. The lowest BCUT2D eigenvalue weighted by Gasteiger charge is -2.24. The number of methoxy groups -OCH3 is 1. The Morgan fingerprint density at radius 1 is 1.03 bits per heavy atom. The molecule has 0 aliphatic heterocycles. The Balaban J connectivity index is 1.56. The fourth-order valence-electron chi connectivity index (χ4n) is 4.84. The fraction of sp³-hybridized carbons (Fsp3) is 0.520. The van der Waals surface area contributed by atoms with Crippen LogP contribution < -0.4 is 26.0 Å². The van der Waals surface area contributed by atoms with Gasteiger partial charge in [0.2, 0.25) is 5.91 Å². The van der Waals surface area contributed by atoms with Gasteiger partial charge in [0.1, 0.15) is 17.2 Å². The number of para-hydroxylation sites is 2. The fourth-order valence-corrected chi connectivity index (χ4v) is 5.59. The molecule has 3 amide bonds. The molecule has 1 aromatic heterocycles. The zero-order valence-corrected chi connectivity index (χ0v) is 20.9. The molecule has 0 radical (unpaired) electrons. The van der Waals surface area contributed by atoms with Gasteiger partial charge in [-0.15, -0.1) is 0 Å². The molecule has 0 saturated heterocycles. The molecule has 0 unspecified atom stereocenters. The van der Waals surface area contributed by atoms with Crippen LogP contribution in [0.2, 0.25) is 0 Å². The van der Waals surface area contributed by atoms with Crippen LogP contribution in [-0.2, 0) is 4.79 Å². The Labute approximate surface area is 209 Å². The lowest BCUT2D eigenvalue weighted by atomic mass is 9.95. The standard InChI is InChI=1S/C25H33N5O4S/c1-34-19-14-8-7-13-18(19)30(15-20(31)27-16-11-5-6-12-16)25(33)23-21(26)22(29-35-23)24(32)28-17-9-3-2-4-10-17/h7-8,13-14,16-17H,2-6,9-12,15,26H2,1H3,(H,27,31)(H,28,32). The zero-order chi connectivity index (χ0) is 24.8. The number of anilines is 2. The van der Waals surface area contributed by atoms with E-state index in [1.807, 2.05) is 0 Å². The van der Waals surface area contributed by atoms with E-state index in [2.05, 4.69) is 15.0 Å². The number of nitrogens with zero attached hydrogens (tertiary/aromatic N) is 2. The maximum atomic E-state index is 13.7. The first-order valence-electron chi connectivity index (χ1n) is 12.3. The number of hydrogen-bond acceptors (Lipinski definition) is 7. The van der Waals surface area contributed by atoms with Gasteiger partial charge in [-0.25, -0.2) is 0 Å². The molecule has 1 aromatic carbocycles. The maximum Gasteiger partial charge on any atom is 0.273 e. The molecular formula is C25H33N5O4S. The van der Waals surface area contributed by atoms with Crippen molar-refractivity contribution in [2.75, 3.05) is 24.3 Å². The van der Waals surface area contributed by atoms with Gasteiger partial charge in [0.15, 0.2) is 5.69 Å².